The molecule has 6 N–H and O–H groups in total. The third kappa shape index (κ3) is 23.7. The van der Waals surface area contributed by atoms with Gasteiger partial charge >= 0.3 is 177 Å². The van der Waals surface area contributed by atoms with Crippen LogP contribution in [-0.4, -0.2) is 118 Å². The molecule has 6 aromatic rings. The number of nitrogens with one attached hydrogen (secondary N) is 4. The fourth-order valence-electron chi connectivity index (χ4n) is 6.17. The summed E-state index contributed by atoms with van der Waals surface area (Å²) in [6.45, 7) is 0.204. The van der Waals surface area contributed by atoms with Crippen LogP contribution in [0.5, 0.6) is 0 Å². The van der Waals surface area contributed by atoms with Crippen LogP contribution in [0.3, 0.4) is 0 Å². The zero-order valence-corrected chi connectivity index (χ0v) is 59.6. The second-order valence-corrected chi connectivity index (χ2v) is 21.1. The van der Waals surface area contributed by atoms with Gasteiger partial charge in [-0.1, -0.05) is 24.3 Å². The Hall–Kier alpha value is -0.340. The van der Waals surface area contributed by atoms with Crippen molar-refractivity contribution in [3.05, 3.63) is 89.7 Å². The van der Waals surface area contributed by atoms with Gasteiger partial charge in [0.1, 0.15) is 46.3 Å². The first-order valence-electron chi connectivity index (χ1n) is 19.8. The van der Waals surface area contributed by atoms with Crippen molar-refractivity contribution in [2.75, 3.05) is 52.5 Å². The van der Waals surface area contributed by atoms with Crippen molar-refractivity contribution in [2.45, 2.75) is 36.3 Å². The summed E-state index contributed by atoms with van der Waals surface area (Å²) in [6, 6.07) is 12.9. The predicted molar refractivity (Wildman–Crippen MR) is 247 cm³/mol. The van der Waals surface area contributed by atoms with Crippen LogP contribution in [0.15, 0.2) is 102 Å². The Balaban J connectivity index is 0.0000104. The normalized spacial score (nSPS) is 11.3. The number of aliphatic hydroxyl groups excluding tert-OH is 2. The summed E-state index contributed by atoms with van der Waals surface area (Å²) in [5.74, 6) is -1.53. The van der Waals surface area contributed by atoms with Gasteiger partial charge in [-0.05, 0) is 78.7 Å². The summed E-state index contributed by atoms with van der Waals surface area (Å²) in [6.07, 6.45) is 2.55. The number of hydrogen-bond acceptors (Lipinski definition) is 33. The number of benzene rings is 4. The third-order valence-electron chi connectivity index (χ3n) is 9.18. The van der Waals surface area contributed by atoms with E-state index in [-0.39, 0.29) is 258 Å². The minimum atomic E-state index is -5.35. The van der Waals surface area contributed by atoms with Crippen molar-refractivity contribution in [3.8, 4) is 0 Å². The molecule has 31 nitrogen and oxygen atoms in total. The van der Waals surface area contributed by atoms with E-state index in [1.807, 2.05) is 0 Å². The summed E-state index contributed by atoms with van der Waals surface area (Å²) >= 11 is 0.691. The van der Waals surface area contributed by atoms with Gasteiger partial charge in [0.25, 0.3) is 0 Å². The SMILES string of the molecule is Cc1nc(Nc2ccc(/C=C/c3ccc(Nc4nc(Nc5ccc(SOO[O-])cc5S(=O)(=O)[O-])nc(N(CCO)CCO)n4)cc3S(=O)(=O)[O-])c(SOO[O-])c2)nc(Nc2ccc(S(=O)(=O)[O-])cc2S(=O)(=O)[O-])n1.[Na+].[Na+].[Na+].[Na+].[Na+].[Na+]. The van der Waals surface area contributed by atoms with Crippen molar-refractivity contribution in [1.29, 1.82) is 0 Å². The fourth-order valence-corrected chi connectivity index (χ4v) is 9.73. The molecule has 0 amide bonds. The van der Waals surface area contributed by atoms with Gasteiger partial charge in [0, 0.05) is 34.3 Å². The number of rotatable bonds is 25. The van der Waals surface area contributed by atoms with Crippen LogP contribution in [0.1, 0.15) is 17.0 Å². The van der Waals surface area contributed by atoms with Gasteiger partial charge in [-0.3, -0.25) is 10.1 Å². The summed E-state index contributed by atoms with van der Waals surface area (Å²) < 4.78 is 154. The Bertz CT molecular complexity index is 3550. The second kappa shape index (κ2) is 36.1. The Kier molecular flexibility index (Phi) is 35.9. The van der Waals surface area contributed by atoms with E-state index in [0.29, 0.717) is 30.2 Å². The Morgan fingerprint density at radius 2 is 0.975 bits per heavy atom. The maximum Gasteiger partial charge on any atom is 1.00 e. The van der Waals surface area contributed by atoms with E-state index in [4.69, 9.17) is 0 Å². The van der Waals surface area contributed by atoms with Crippen LogP contribution in [-0.2, 0) is 59.2 Å². The number of hydrogen-bond donors (Lipinski definition) is 6. The molecule has 0 aliphatic carbocycles. The van der Waals surface area contributed by atoms with E-state index in [2.05, 4.69) is 69.9 Å². The molecule has 0 aliphatic rings. The van der Waals surface area contributed by atoms with Crippen LogP contribution >= 0.6 is 24.1 Å². The molecular weight excluding hydrogens is 1250 g/mol. The molecule has 0 spiro atoms. The van der Waals surface area contributed by atoms with Gasteiger partial charge in [-0.2, -0.15) is 38.6 Å². The number of aliphatic hydroxyl groups is 2. The van der Waals surface area contributed by atoms with Gasteiger partial charge in [0.2, 0.25) is 29.7 Å². The van der Waals surface area contributed by atoms with E-state index in [1.165, 1.54) is 60.4 Å². The predicted octanol–water partition coefficient (Wildman–Crippen LogP) is -17.6. The van der Waals surface area contributed by atoms with Gasteiger partial charge in [-0.15, -0.1) is 0 Å². The molecule has 396 valence electrons. The molecule has 0 saturated heterocycles. The molecule has 43 heteroatoms. The fraction of sp³-hybridized carbons (Fsp3) is 0.135. The number of nitrogens with zero attached hydrogens (tertiary/aromatic N) is 7. The third-order valence-corrected chi connectivity index (χ3v) is 13.9. The number of anilines is 9. The van der Waals surface area contributed by atoms with Crippen molar-refractivity contribution in [3.63, 3.8) is 0 Å². The molecule has 0 saturated carbocycles. The number of aromatic nitrogens is 6. The second-order valence-electron chi connectivity index (χ2n) is 14.2. The maximum atomic E-state index is 12.7. The number of aryl methyl sites for hydroxylation is 1. The van der Waals surface area contributed by atoms with E-state index in [9.17, 15) is 72.6 Å². The summed E-state index contributed by atoms with van der Waals surface area (Å²) in [7, 11) is -21.0. The molecule has 0 radical (unpaired) electrons. The molecule has 0 fully saturated rings. The van der Waals surface area contributed by atoms with Crippen molar-refractivity contribution < 1.29 is 269 Å². The Labute approximate surface area is 597 Å². The van der Waals surface area contributed by atoms with Crippen LogP contribution in [0.4, 0.5) is 52.5 Å². The zero-order valence-electron chi connectivity index (χ0n) is 42.7. The van der Waals surface area contributed by atoms with Gasteiger partial charge in [0.05, 0.1) is 68.3 Å². The van der Waals surface area contributed by atoms with E-state index in [1.54, 1.807) is 0 Å². The first-order chi connectivity index (χ1) is 34.9. The monoisotopic (exact) mass is 1280 g/mol. The van der Waals surface area contributed by atoms with E-state index in [0.717, 1.165) is 30.3 Å². The zero-order chi connectivity index (χ0) is 54.0. The molecule has 0 aliphatic heterocycles. The van der Waals surface area contributed by atoms with Crippen molar-refractivity contribution in [2.24, 2.45) is 0 Å². The Morgan fingerprint density at radius 1 is 0.525 bits per heavy atom. The molecule has 0 atom stereocenters. The average molecular weight is 1280 g/mol. The van der Waals surface area contributed by atoms with Crippen LogP contribution < -0.4 is 214 Å². The molecule has 0 bridgehead atoms. The quantitative estimate of drug-likeness (QED) is 0.00774. The largest absolute Gasteiger partial charge is 1.00 e. The smallest absolute Gasteiger partial charge is 0.744 e. The van der Waals surface area contributed by atoms with Crippen LogP contribution in [0, 0.1) is 6.92 Å². The minimum absolute atomic E-state index is 0. The minimum Gasteiger partial charge on any atom is -0.744 e. The van der Waals surface area contributed by atoms with Crippen LogP contribution in [0.2, 0.25) is 0 Å². The maximum absolute atomic E-state index is 12.7. The van der Waals surface area contributed by atoms with Crippen molar-refractivity contribution >= 4 is 129 Å². The van der Waals surface area contributed by atoms with Gasteiger partial charge in [0.15, 0.2) is 0 Å². The average Bonchev–Trinajstić information content (AvgIpc) is 3.31. The molecule has 2 heterocycles. The van der Waals surface area contributed by atoms with E-state index < -0.39 is 84.9 Å². The van der Waals surface area contributed by atoms with Crippen LogP contribution in [0.25, 0.3) is 12.2 Å². The first-order valence-corrected chi connectivity index (χ1v) is 26.9. The molecule has 2 aromatic heterocycles. The summed E-state index contributed by atoms with van der Waals surface area (Å²) in [5.41, 5.74) is -0.691. The molecular formula is C37H31N11Na6O20S6. The molecule has 0 unspecified atom stereocenters. The van der Waals surface area contributed by atoms with Gasteiger partial charge < -0.3 is 65.1 Å². The summed E-state index contributed by atoms with van der Waals surface area (Å²) in [5, 5.41) is 57.8. The standard InChI is InChI=1S/C37H37N11O20S6.6Na/c1-20-38-33(44-34(39-20)42-28-11-9-26(71(53,54)55)19-32(28)74(62,63)64)40-23-6-4-21(29(16-23)70-68-66-52)2-3-22-5-7-24(17-30(22)72(56,57)58)41-35-45-36(47-37(46-35)48(12-14-49)13-15-50)43-27-10-8-25(69-67-65-51)18-31(27)73(59,60)61;;;;;;/h2-11,16-19,49-52H,12-15H2,1H3,(H,53,54,55)(H,56,57,58)(H,59,60,61)(H,62,63,64)(H2,38,39,40,42,44)(H2,41,43,45,46,47);;;;;;/q;6*+1/p-6/b3-2+;;;;;;. The Morgan fingerprint density at radius 3 is 1.49 bits per heavy atom. The van der Waals surface area contributed by atoms with Crippen molar-refractivity contribution in [1.82, 2.24) is 29.9 Å². The van der Waals surface area contributed by atoms with Gasteiger partial charge in [-0.25, -0.2) is 33.7 Å². The first kappa shape index (κ1) is 79.7. The topological polar surface area (TPSA) is 481 Å². The molecule has 4 aromatic carbocycles. The van der Waals surface area contributed by atoms with E-state index >= 15 is 0 Å². The molecule has 6 rings (SSSR count). The molecule has 80 heavy (non-hydrogen) atoms. The summed E-state index contributed by atoms with van der Waals surface area (Å²) in [4.78, 5) is 22.6.